The Hall–Kier alpha value is -2.45. The fourth-order valence-corrected chi connectivity index (χ4v) is 1.54. The van der Waals surface area contributed by atoms with Gasteiger partial charge in [0.25, 0.3) is 5.91 Å². The highest BCUT2D eigenvalue weighted by molar-refractivity contribution is 6.29. The molecule has 0 spiro atoms. The first-order valence-corrected chi connectivity index (χ1v) is 5.77. The zero-order valence-electron chi connectivity index (χ0n) is 10.0. The number of aromatic nitrogens is 2. The largest absolute Gasteiger partial charge is 0.320 e. The fourth-order valence-electron chi connectivity index (χ4n) is 1.44. The SMILES string of the molecule is Cc1ccc(C#N)cc1NC(=O)c1cnc(Cl)cn1. The highest BCUT2D eigenvalue weighted by atomic mass is 35.5. The minimum Gasteiger partial charge on any atom is -0.320 e. The summed E-state index contributed by atoms with van der Waals surface area (Å²) in [6.07, 6.45) is 2.59. The van der Waals surface area contributed by atoms with Gasteiger partial charge in [0.2, 0.25) is 0 Å². The number of aryl methyl sites for hydroxylation is 1. The standard InChI is InChI=1S/C13H9ClN4O/c1-8-2-3-9(5-15)4-10(8)18-13(19)11-6-17-12(14)7-16-11/h2-4,6-7H,1H3,(H,18,19). The van der Waals surface area contributed by atoms with Gasteiger partial charge >= 0.3 is 0 Å². The molecule has 0 aliphatic rings. The van der Waals surface area contributed by atoms with Crippen LogP contribution < -0.4 is 5.32 Å². The van der Waals surface area contributed by atoms with E-state index >= 15 is 0 Å². The summed E-state index contributed by atoms with van der Waals surface area (Å²) >= 11 is 5.60. The van der Waals surface area contributed by atoms with Gasteiger partial charge in [-0.3, -0.25) is 4.79 Å². The number of nitrogens with one attached hydrogen (secondary N) is 1. The molecular weight excluding hydrogens is 264 g/mol. The molecule has 1 N–H and O–H groups in total. The van der Waals surface area contributed by atoms with Gasteiger partial charge in [-0.25, -0.2) is 9.97 Å². The summed E-state index contributed by atoms with van der Waals surface area (Å²) < 4.78 is 0. The molecule has 1 heterocycles. The number of nitriles is 1. The van der Waals surface area contributed by atoms with Crippen LogP contribution in [0.15, 0.2) is 30.6 Å². The van der Waals surface area contributed by atoms with Crippen LogP contribution in [0.25, 0.3) is 0 Å². The Balaban J connectivity index is 2.24. The first kappa shape index (κ1) is 13.0. The monoisotopic (exact) mass is 272 g/mol. The number of rotatable bonds is 2. The molecule has 0 unspecified atom stereocenters. The molecule has 5 nitrogen and oxygen atoms in total. The Bertz CT molecular complexity index is 661. The van der Waals surface area contributed by atoms with Crippen molar-refractivity contribution >= 4 is 23.2 Å². The Kier molecular flexibility index (Phi) is 3.74. The highest BCUT2D eigenvalue weighted by Gasteiger charge is 2.10. The van der Waals surface area contributed by atoms with Crippen LogP contribution in [0, 0.1) is 18.3 Å². The topological polar surface area (TPSA) is 78.7 Å². The maximum atomic E-state index is 11.9. The molecule has 1 aromatic carbocycles. The van der Waals surface area contributed by atoms with Gasteiger partial charge < -0.3 is 5.32 Å². The number of hydrogen-bond acceptors (Lipinski definition) is 4. The average Bonchev–Trinajstić information content (AvgIpc) is 2.42. The van der Waals surface area contributed by atoms with E-state index in [1.807, 2.05) is 13.0 Å². The lowest BCUT2D eigenvalue weighted by atomic mass is 10.1. The van der Waals surface area contributed by atoms with Crippen molar-refractivity contribution in [2.75, 3.05) is 5.32 Å². The van der Waals surface area contributed by atoms with Gasteiger partial charge in [0.1, 0.15) is 10.8 Å². The summed E-state index contributed by atoms with van der Waals surface area (Å²) in [6.45, 7) is 1.84. The lowest BCUT2D eigenvalue weighted by Gasteiger charge is -2.08. The zero-order valence-corrected chi connectivity index (χ0v) is 10.8. The van der Waals surface area contributed by atoms with Gasteiger partial charge in [0.15, 0.2) is 0 Å². The molecule has 0 radical (unpaired) electrons. The van der Waals surface area contributed by atoms with Crippen LogP contribution in [0.2, 0.25) is 5.15 Å². The number of carbonyl (C=O) groups excluding carboxylic acids is 1. The summed E-state index contributed by atoms with van der Waals surface area (Å²) in [5.41, 5.74) is 2.06. The van der Waals surface area contributed by atoms with Gasteiger partial charge in [-0.1, -0.05) is 17.7 Å². The molecule has 2 aromatic rings. The van der Waals surface area contributed by atoms with Crippen molar-refractivity contribution in [2.45, 2.75) is 6.92 Å². The van der Waals surface area contributed by atoms with E-state index in [-0.39, 0.29) is 10.8 Å². The van der Waals surface area contributed by atoms with Crippen LogP contribution in [0.4, 0.5) is 5.69 Å². The van der Waals surface area contributed by atoms with Gasteiger partial charge in [-0.05, 0) is 24.6 Å². The summed E-state index contributed by atoms with van der Waals surface area (Å²) in [7, 11) is 0. The third-order valence-corrected chi connectivity index (χ3v) is 2.66. The molecule has 1 amide bonds. The molecule has 0 atom stereocenters. The lowest BCUT2D eigenvalue weighted by Crippen LogP contribution is -2.14. The first-order valence-electron chi connectivity index (χ1n) is 5.40. The molecule has 19 heavy (non-hydrogen) atoms. The molecule has 0 aliphatic heterocycles. The minimum atomic E-state index is -0.401. The van der Waals surface area contributed by atoms with Crippen LogP contribution in [0.5, 0.6) is 0 Å². The Morgan fingerprint density at radius 2 is 2.16 bits per heavy atom. The van der Waals surface area contributed by atoms with Crippen molar-refractivity contribution in [1.82, 2.24) is 9.97 Å². The van der Waals surface area contributed by atoms with Crippen LogP contribution >= 0.6 is 11.6 Å². The molecule has 2 rings (SSSR count). The van der Waals surface area contributed by atoms with Crippen LogP contribution in [0.1, 0.15) is 21.6 Å². The summed E-state index contributed by atoms with van der Waals surface area (Å²) in [5.74, 6) is -0.401. The third-order valence-electron chi connectivity index (χ3n) is 2.47. The van der Waals surface area contributed by atoms with Gasteiger partial charge in [0, 0.05) is 5.69 Å². The second kappa shape index (κ2) is 5.46. The minimum absolute atomic E-state index is 0.158. The Labute approximate surface area is 114 Å². The highest BCUT2D eigenvalue weighted by Crippen LogP contribution is 2.17. The zero-order chi connectivity index (χ0) is 13.8. The molecular formula is C13H9ClN4O. The van der Waals surface area contributed by atoms with Crippen LogP contribution in [-0.2, 0) is 0 Å². The van der Waals surface area contributed by atoms with E-state index in [1.165, 1.54) is 12.4 Å². The van der Waals surface area contributed by atoms with Crippen LogP contribution in [-0.4, -0.2) is 15.9 Å². The van der Waals surface area contributed by atoms with E-state index in [0.29, 0.717) is 11.3 Å². The van der Waals surface area contributed by atoms with E-state index in [9.17, 15) is 4.79 Å². The van der Waals surface area contributed by atoms with Gasteiger partial charge in [0.05, 0.1) is 24.0 Å². The Morgan fingerprint density at radius 1 is 1.37 bits per heavy atom. The number of amides is 1. The predicted octanol–water partition coefficient (Wildman–Crippen LogP) is 2.56. The van der Waals surface area contributed by atoms with Gasteiger partial charge in [-0.2, -0.15) is 5.26 Å². The number of halogens is 1. The van der Waals surface area contributed by atoms with E-state index in [4.69, 9.17) is 16.9 Å². The van der Waals surface area contributed by atoms with E-state index in [2.05, 4.69) is 15.3 Å². The second-order valence-corrected chi connectivity index (χ2v) is 4.21. The Morgan fingerprint density at radius 3 is 2.79 bits per heavy atom. The molecule has 0 saturated carbocycles. The second-order valence-electron chi connectivity index (χ2n) is 3.82. The smallest absolute Gasteiger partial charge is 0.275 e. The number of anilines is 1. The molecule has 94 valence electrons. The molecule has 0 bridgehead atoms. The van der Waals surface area contributed by atoms with E-state index in [0.717, 1.165) is 5.56 Å². The van der Waals surface area contributed by atoms with Crippen molar-refractivity contribution in [1.29, 1.82) is 5.26 Å². The summed E-state index contributed by atoms with van der Waals surface area (Å²) in [6, 6.07) is 7.08. The van der Waals surface area contributed by atoms with Crippen LogP contribution in [0.3, 0.4) is 0 Å². The maximum Gasteiger partial charge on any atom is 0.275 e. The molecule has 0 aliphatic carbocycles. The lowest BCUT2D eigenvalue weighted by molar-refractivity contribution is 0.102. The predicted molar refractivity (Wildman–Crippen MR) is 70.9 cm³/mol. The summed E-state index contributed by atoms with van der Waals surface area (Å²) in [4.78, 5) is 19.6. The molecule has 0 saturated heterocycles. The normalized spacial score (nSPS) is 9.74. The molecule has 0 fully saturated rings. The average molecular weight is 273 g/mol. The summed E-state index contributed by atoms with van der Waals surface area (Å²) in [5, 5.41) is 11.7. The first-order chi connectivity index (χ1) is 9.10. The molecule has 6 heteroatoms. The van der Waals surface area contributed by atoms with Crippen molar-refractivity contribution < 1.29 is 4.79 Å². The number of hydrogen-bond donors (Lipinski definition) is 1. The van der Waals surface area contributed by atoms with Crippen molar-refractivity contribution in [3.05, 3.63) is 52.6 Å². The van der Waals surface area contributed by atoms with Crippen molar-refractivity contribution in [3.8, 4) is 6.07 Å². The third kappa shape index (κ3) is 3.06. The van der Waals surface area contributed by atoms with E-state index in [1.54, 1.807) is 18.2 Å². The number of nitrogens with zero attached hydrogens (tertiary/aromatic N) is 3. The fraction of sp³-hybridized carbons (Fsp3) is 0.0769. The van der Waals surface area contributed by atoms with Crippen molar-refractivity contribution in [3.63, 3.8) is 0 Å². The quantitative estimate of drug-likeness (QED) is 0.911. The van der Waals surface area contributed by atoms with Gasteiger partial charge in [-0.15, -0.1) is 0 Å². The maximum absolute atomic E-state index is 11.9. The molecule has 1 aromatic heterocycles. The van der Waals surface area contributed by atoms with E-state index < -0.39 is 5.91 Å². The number of carbonyl (C=O) groups is 1. The number of benzene rings is 1. The van der Waals surface area contributed by atoms with Crippen molar-refractivity contribution in [2.24, 2.45) is 0 Å².